The Morgan fingerprint density at radius 3 is 2.71 bits per heavy atom. The zero-order valence-electron chi connectivity index (χ0n) is 9.29. The predicted molar refractivity (Wildman–Crippen MR) is 55.9 cm³/mol. The van der Waals surface area contributed by atoms with Gasteiger partial charge in [-0.05, 0) is 18.8 Å². The average molecular weight is 196 g/mol. The first-order valence-corrected chi connectivity index (χ1v) is 5.62. The quantitative estimate of drug-likeness (QED) is 0.670. The van der Waals surface area contributed by atoms with Crippen molar-refractivity contribution in [3.63, 3.8) is 0 Å². The highest BCUT2D eigenvalue weighted by atomic mass is 16.2. The molecule has 0 aromatic carbocycles. The Balaban J connectivity index is 2.06. The molecule has 3 atom stereocenters. The number of carbonyl (C=O) groups excluding carboxylic acids is 1. The largest absolute Gasteiger partial charge is 0.339 e. The Kier molecular flexibility index (Phi) is 2.52. The fourth-order valence-electron chi connectivity index (χ4n) is 2.79. The maximum Gasteiger partial charge on any atom is 0.225 e. The number of carbonyl (C=O) groups is 1. The van der Waals surface area contributed by atoms with Crippen LogP contribution in [-0.4, -0.2) is 36.5 Å². The summed E-state index contributed by atoms with van der Waals surface area (Å²) < 4.78 is 0. The highest BCUT2D eigenvalue weighted by molar-refractivity contribution is 5.78. The van der Waals surface area contributed by atoms with Gasteiger partial charge in [0.15, 0.2) is 0 Å². The van der Waals surface area contributed by atoms with Gasteiger partial charge in [-0.1, -0.05) is 13.8 Å². The van der Waals surface area contributed by atoms with Crippen LogP contribution in [0.15, 0.2) is 0 Å². The summed E-state index contributed by atoms with van der Waals surface area (Å²) in [5.41, 5.74) is 0. The fourth-order valence-corrected chi connectivity index (χ4v) is 2.79. The molecule has 0 aromatic heterocycles. The van der Waals surface area contributed by atoms with Gasteiger partial charge >= 0.3 is 0 Å². The van der Waals surface area contributed by atoms with Crippen molar-refractivity contribution in [2.75, 3.05) is 19.6 Å². The number of likely N-dealkylation sites (tertiary alicyclic amines) is 1. The smallest absolute Gasteiger partial charge is 0.225 e. The van der Waals surface area contributed by atoms with Crippen LogP contribution in [0, 0.1) is 17.8 Å². The van der Waals surface area contributed by atoms with E-state index < -0.39 is 0 Å². The SMILES string of the molecule is CC(C)C(=O)N1CC2CNCC2C1C. The van der Waals surface area contributed by atoms with E-state index >= 15 is 0 Å². The molecule has 2 aliphatic rings. The van der Waals surface area contributed by atoms with Crippen molar-refractivity contribution in [3.8, 4) is 0 Å². The van der Waals surface area contributed by atoms with E-state index in [1.807, 2.05) is 13.8 Å². The lowest BCUT2D eigenvalue weighted by molar-refractivity contribution is -0.135. The fraction of sp³-hybridized carbons (Fsp3) is 0.909. The van der Waals surface area contributed by atoms with Crippen molar-refractivity contribution in [1.82, 2.24) is 10.2 Å². The zero-order chi connectivity index (χ0) is 10.3. The number of rotatable bonds is 1. The molecule has 2 saturated heterocycles. The normalized spacial score (nSPS) is 36.6. The molecule has 2 fully saturated rings. The number of hydrogen-bond donors (Lipinski definition) is 1. The third-order valence-corrected chi connectivity index (χ3v) is 3.71. The van der Waals surface area contributed by atoms with E-state index in [2.05, 4.69) is 17.1 Å². The van der Waals surface area contributed by atoms with Crippen molar-refractivity contribution >= 4 is 5.91 Å². The molecule has 80 valence electrons. The molecule has 14 heavy (non-hydrogen) atoms. The third-order valence-electron chi connectivity index (χ3n) is 3.71. The summed E-state index contributed by atoms with van der Waals surface area (Å²) >= 11 is 0. The van der Waals surface area contributed by atoms with Crippen LogP contribution in [0.25, 0.3) is 0 Å². The van der Waals surface area contributed by atoms with Crippen LogP contribution in [0.5, 0.6) is 0 Å². The minimum absolute atomic E-state index is 0.143. The lowest BCUT2D eigenvalue weighted by atomic mass is 9.95. The second-order valence-electron chi connectivity index (χ2n) is 4.97. The molecule has 2 heterocycles. The maximum atomic E-state index is 11.9. The lowest BCUT2D eigenvalue weighted by Gasteiger charge is -2.26. The highest BCUT2D eigenvalue weighted by Gasteiger charge is 2.43. The minimum Gasteiger partial charge on any atom is -0.339 e. The molecule has 1 amide bonds. The summed E-state index contributed by atoms with van der Waals surface area (Å²) in [7, 11) is 0. The summed E-state index contributed by atoms with van der Waals surface area (Å²) in [6.45, 7) is 9.32. The van der Waals surface area contributed by atoms with Crippen molar-refractivity contribution in [2.45, 2.75) is 26.8 Å². The molecule has 2 rings (SSSR count). The Bertz CT molecular complexity index is 239. The van der Waals surface area contributed by atoms with Crippen LogP contribution in [0.4, 0.5) is 0 Å². The molecule has 0 aliphatic carbocycles. The summed E-state index contributed by atoms with van der Waals surface area (Å²) in [6, 6.07) is 0.435. The standard InChI is InChI=1S/C11H20N2O/c1-7(2)11(14)13-6-9-4-12-5-10(9)8(13)3/h7-10,12H,4-6H2,1-3H3. The number of nitrogens with zero attached hydrogens (tertiary/aromatic N) is 1. The van der Waals surface area contributed by atoms with E-state index in [4.69, 9.17) is 0 Å². The van der Waals surface area contributed by atoms with E-state index in [0.717, 1.165) is 19.6 Å². The number of nitrogens with one attached hydrogen (secondary N) is 1. The summed E-state index contributed by atoms with van der Waals surface area (Å²) in [4.78, 5) is 14.0. The van der Waals surface area contributed by atoms with Gasteiger partial charge in [0.05, 0.1) is 0 Å². The van der Waals surface area contributed by atoms with Gasteiger partial charge in [-0.25, -0.2) is 0 Å². The average Bonchev–Trinajstić information content (AvgIpc) is 2.68. The monoisotopic (exact) mass is 196 g/mol. The summed E-state index contributed by atoms with van der Waals surface area (Å²) in [5, 5.41) is 3.41. The van der Waals surface area contributed by atoms with E-state index in [1.165, 1.54) is 0 Å². The van der Waals surface area contributed by atoms with Crippen molar-refractivity contribution in [1.29, 1.82) is 0 Å². The number of hydrogen-bond acceptors (Lipinski definition) is 2. The van der Waals surface area contributed by atoms with Crippen LogP contribution >= 0.6 is 0 Å². The van der Waals surface area contributed by atoms with Crippen LogP contribution in [-0.2, 0) is 4.79 Å². The molecule has 0 saturated carbocycles. The van der Waals surface area contributed by atoms with Gasteiger partial charge in [0.2, 0.25) is 5.91 Å². The van der Waals surface area contributed by atoms with E-state index in [1.54, 1.807) is 0 Å². The Morgan fingerprint density at radius 1 is 1.43 bits per heavy atom. The first-order valence-electron chi connectivity index (χ1n) is 5.62. The second-order valence-corrected chi connectivity index (χ2v) is 4.97. The van der Waals surface area contributed by atoms with Crippen LogP contribution in [0.3, 0.4) is 0 Å². The van der Waals surface area contributed by atoms with Crippen molar-refractivity contribution < 1.29 is 4.79 Å². The lowest BCUT2D eigenvalue weighted by Crippen LogP contribution is -2.40. The molecule has 3 unspecified atom stereocenters. The van der Waals surface area contributed by atoms with Gasteiger partial charge in [0, 0.05) is 31.6 Å². The molecule has 0 aromatic rings. The molecule has 3 nitrogen and oxygen atoms in total. The zero-order valence-corrected chi connectivity index (χ0v) is 9.29. The molecule has 0 bridgehead atoms. The van der Waals surface area contributed by atoms with Crippen LogP contribution in [0.1, 0.15) is 20.8 Å². The Labute approximate surface area is 85.8 Å². The van der Waals surface area contributed by atoms with Crippen molar-refractivity contribution in [2.24, 2.45) is 17.8 Å². The third kappa shape index (κ3) is 1.44. The van der Waals surface area contributed by atoms with Gasteiger partial charge in [0.25, 0.3) is 0 Å². The van der Waals surface area contributed by atoms with Crippen LogP contribution in [0.2, 0.25) is 0 Å². The van der Waals surface area contributed by atoms with Gasteiger partial charge in [-0.3, -0.25) is 4.79 Å². The molecule has 1 N–H and O–H groups in total. The van der Waals surface area contributed by atoms with Gasteiger partial charge in [-0.2, -0.15) is 0 Å². The van der Waals surface area contributed by atoms with E-state index in [0.29, 0.717) is 23.8 Å². The number of amides is 1. The van der Waals surface area contributed by atoms with Gasteiger partial charge < -0.3 is 10.2 Å². The Hall–Kier alpha value is -0.570. The first kappa shape index (κ1) is 9.97. The van der Waals surface area contributed by atoms with Gasteiger partial charge in [-0.15, -0.1) is 0 Å². The Morgan fingerprint density at radius 2 is 2.14 bits per heavy atom. The highest BCUT2D eigenvalue weighted by Crippen LogP contribution is 2.32. The second kappa shape index (κ2) is 3.54. The first-order chi connectivity index (χ1) is 6.61. The molecular weight excluding hydrogens is 176 g/mol. The van der Waals surface area contributed by atoms with Crippen LogP contribution < -0.4 is 5.32 Å². The molecule has 2 aliphatic heterocycles. The predicted octanol–water partition coefficient (Wildman–Crippen LogP) is 0.709. The summed E-state index contributed by atoms with van der Waals surface area (Å²) in [6.07, 6.45) is 0. The topological polar surface area (TPSA) is 32.3 Å². The molecule has 0 radical (unpaired) electrons. The molecule has 0 spiro atoms. The van der Waals surface area contributed by atoms with E-state index in [9.17, 15) is 4.79 Å². The molecule has 3 heteroatoms. The van der Waals surface area contributed by atoms with Gasteiger partial charge in [0.1, 0.15) is 0 Å². The molecular formula is C11H20N2O. The van der Waals surface area contributed by atoms with E-state index in [-0.39, 0.29) is 5.92 Å². The van der Waals surface area contributed by atoms with Crippen molar-refractivity contribution in [3.05, 3.63) is 0 Å². The summed E-state index contributed by atoms with van der Waals surface area (Å²) in [5.74, 6) is 1.86. The maximum absolute atomic E-state index is 11.9. The number of fused-ring (bicyclic) bond motifs is 1. The minimum atomic E-state index is 0.143.